The van der Waals surface area contributed by atoms with Crippen LogP contribution in [-0.2, 0) is 0 Å². The normalized spacial score (nSPS) is 16.3. The zero-order valence-corrected chi connectivity index (χ0v) is 18.6. The highest BCUT2D eigenvalue weighted by atomic mass is 16.5. The lowest BCUT2D eigenvalue weighted by atomic mass is 10.00. The van der Waals surface area contributed by atoms with Gasteiger partial charge in [-0.1, -0.05) is 19.1 Å². The van der Waals surface area contributed by atoms with Crippen LogP contribution in [0.25, 0.3) is 10.9 Å². The summed E-state index contributed by atoms with van der Waals surface area (Å²) in [5.41, 5.74) is 4.03. The summed E-state index contributed by atoms with van der Waals surface area (Å²) in [6.45, 7) is 5.78. The molecule has 0 saturated carbocycles. The third kappa shape index (κ3) is 4.43. The van der Waals surface area contributed by atoms with Gasteiger partial charge in [0.2, 0.25) is 0 Å². The molecule has 1 saturated heterocycles. The third-order valence-corrected chi connectivity index (χ3v) is 5.77. The van der Waals surface area contributed by atoms with Gasteiger partial charge in [0.05, 0.1) is 25.4 Å². The monoisotopic (exact) mass is 419 g/mol. The highest BCUT2D eigenvalue weighted by Crippen LogP contribution is 2.36. The van der Waals surface area contributed by atoms with E-state index in [1.54, 1.807) is 14.2 Å². The number of rotatable bonds is 5. The van der Waals surface area contributed by atoms with E-state index in [0.717, 1.165) is 48.3 Å². The first-order valence-electron chi connectivity index (χ1n) is 10.7. The Balaban J connectivity index is 1.82. The molecule has 0 radical (unpaired) electrons. The average molecular weight is 420 g/mol. The molecule has 3 aromatic rings. The summed E-state index contributed by atoms with van der Waals surface area (Å²) in [5.74, 6) is 1.68. The zero-order chi connectivity index (χ0) is 22.0. The molecule has 31 heavy (non-hydrogen) atoms. The lowest BCUT2D eigenvalue weighted by Crippen LogP contribution is -2.39. The Morgan fingerprint density at radius 2 is 1.90 bits per heavy atom. The second-order valence-electron chi connectivity index (χ2n) is 8.27. The van der Waals surface area contributed by atoms with E-state index in [4.69, 9.17) is 14.5 Å². The van der Waals surface area contributed by atoms with E-state index >= 15 is 0 Å². The predicted molar refractivity (Wildman–Crippen MR) is 124 cm³/mol. The number of fused-ring (bicyclic) bond motifs is 1. The quantitative estimate of drug-likeness (QED) is 0.618. The number of nitrogens with zero attached hydrogens (tertiary/aromatic N) is 2. The van der Waals surface area contributed by atoms with Crippen molar-refractivity contribution in [3.63, 3.8) is 0 Å². The maximum absolute atomic E-state index is 13.3. The van der Waals surface area contributed by atoms with Gasteiger partial charge in [0.1, 0.15) is 5.69 Å². The van der Waals surface area contributed by atoms with Crippen LogP contribution in [0.1, 0.15) is 35.8 Å². The van der Waals surface area contributed by atoms with Crippen molar-refractivity contribution in [2.75, 3.05) is 32.6 Å². The van der Waals surface area contributed by atoms with Gasteiger partial charge < -0.3 is 19.7 Å². The summed E-state index contributed by atoms with van der Waals surface area (Å²) in [7, 11) is 3.21. The molecular formula is C25H29N3O3. The molecule has 1 fully saturated rings. The highest BCUT2D eigenvalue weighted by molar-refractivity contribution is 6.01. The van der Waals surface area contributed by atoms with Crippen molar-refractivity contribution in [3.05, 3.63) is 53.7 Å². The molecule has 1 aliphatic rings. The van der Waals surface area contributed by atoms with E-state index in [1.807, 2.05) is 35.2 Å². The van der Waals surface area contributed by atoms with Crippen molar-refractivity contribution < 1.29 is 14.3 Å². The van der Waals surface area contributed by atoms with Crippen molar-refractivity contribution in [2.24, 2.45) is 5.92 Å². The number of aromatic nitrogens is 1. The van der Waals surface area contributed by atoms with E-state index in [2.05, 4.69) is 31.3 Å². The maximum Gasteiger partial charge on any atom is 0.272 e. The van der Waals surface area contributed by atoms with Gasteiger partial charge in [-0.2, -0.15) is 0 Å². The summed E-state index contributed by atoms with van der Waals surface area (Å²) >= 11 is 0. The smallest absolute Gasteiger partial charge is 0.272 e. The van der Waals surface area contributed by atoms with Crippen LogP contribution in [0, 0.1) is 12.8 Å². The van der Waals surface area contributed by atoms with E-state index in [-0.39, 0.29) is 5.91 Å². The number of ether oxygens (including phenoxy) is 2. The molecule has 0 aliphatic carbocycles. The lowest BCUT2D eigenvalue weighted by molar-refractivity contribution is 0.0677. The maximum atomic E-state index is 13.3. The first-order chi connectivity index (χ1) is 15.0. The fourth-order valence-electron chi connectivity index (χ4n) is 4.18. The van der Waals surface area contributed by atoms with Crippen LogP contribution in [0.4, 0.5) is 11.4 Å². The molecule has 1 atom stereocenters. The van der Waals surface area contributed by atoms with Crippen LogP contribution in [0.3, 0.4) is 0 Å². The van der Waals surface area contributed by atoms with Crippen LogP contribution in [0.15, 0.2) is 42.5 Å². The summed E-state index contributed by atoms with van der Waals surface area (Å²) < 4.78 is 11.0. The summed E-state index contributed by atoms with van der Waals surface area (Å²) in [6, 6.07) is 13.7. The minimum absolute atomic E-state index is 0.0319. The third-order valence-electron chi connectivity index (χ3n) is 5.77. The number of anilines is 2. The van der Waals surface area contributed by atoms with Gasteiger partial charge in [-0.15, -0.1) is 0 Å². The molecule has 6 nitrogen and oxygen atoms in total. The number of piperidine rings is 1. The molecule has 1 aromatic heterocycles. The van der Waals surface area contributed by atoms with Crippen LogP contribution < -0.4 is 14.8 Å². The summed E-state index contributed by atoms with van der Waals surface area (Å²) in [4.78, 5) is 19.9. The number of methoxy groups -OCH3 is 2. The molecular weight excluding hydrogens is 390 g/mol. The van der Waals surface area contributed by atoms with E-state index in [1.165, 1.54) is 0 Å². The predicted octanol–water partition coefficient (Wildman–Crippen LogP) is 5.18. The minimum Gasteiger partial charge on any atom is -0.493 e. The Hall–Kier alpha value is -3.28. The molecule has 1 amide bonds. The first kappa shape index (κ1) is 21.0. The second kappa shape index (κ2) is 8.84. The number of hydrogen-bond acceptors (Lipinski definition) is 5. The van der Waals surface area contributed by atoms with Crippen molar-refractivity contribution in [1.29, 1.82) is 0 Å². The highest BCUT2D eigenvalue weighted by Gasteiger charge is 2.24. The summed E-state index contributed by atoms with van der Waals surface area (Å²) in [6.07, 6.45) is 2.19. The number of nitrogens with one attached hydrogen (secondary N) is 1. The number of carbonyl (C=O) groups excluding carboxylic acids is 1. The Labute approximate surface area is 183 Å². The van der Waals surface area contributed by atoms with Crippen molar-refractivity contribution in [1.82, 2.24) is 9.88 Å². The molecule has 0 spiro atoms. The van der Waals surface area contributed by atoms with Gasteiger partial charge in [-0.05, 0) is 55.5 Å². The standard InChI is InChI=1S/C25H29N3O3/c1-16-7-5-9-18(11-16)26-20-13-22(25(29)28-10-6-8-17(2)15-28)27-21-14-24(31-4)23(30-3)12-19(20)21/h5,7,9,11-14,17H,6,8,10,15H2,1-4H3,(H,26,27). The van der Waals surface area contributed by atoms with Gasteiger partial charge in [-0.25, -0.2) is 4.98 Å². The average Bonchev–Trinajstić information content (AvgIpc) is 2.77. The largest absolute Gasteiger partial charge is 0.493 e. The van der Waals surface area contributed by atoms with Crippen molar-refractivity contribution in [3.8, 4) is 11.5 Å². The Morgan fingerprint density at radius 1 is 1.13 bits per heavy atom. The van der Waals surface area contributed by atoms with Crippen LogP contribution in [0.2, 0.25) is 0 Å². The minimum atomic E-state index is -0.0319. The molecule has 6 heteroatoms. The van der Waals surface area contributed by atoms with Gasteiger partial charge >= 0.3 is 0 Å². The second-order valence-corrected chi connectivity index (χ2v) is 8.27. The fourth-order valence-corrected chi connectivity index (χ4v) is 4.18. The van der Waals surface area contributed by atoms with Crippen LogP contribution in [-0.4, -0.2) is 43.1 Å². The van der Waals surface area contributed by atoms with Gasteiger partial charge in [-0.3, -0.25) is 4.79 Å². The number of likely N-dealkylation sites (tertiary alicyclic amines) is 1. The Kier molecular flexibility index (Phi) is 5.98. The number of hydrogen-bond donors (Lipinski definition) is 1. The lowest BCUT2D eigenvalue weighted by Gasteiger charge is -2.30. The molecule has 1 aliphatic heterocycles. The summed E-state index contributed by atoms with van der Waals surface area (Å²) in [5, 5.41) is 4.34. The van der Waals surface area contributed by atoms with Gasteiger partial charge in [0, 0.05) is 30.2 Å². The van der Waals surface area contributed by atoms with E-state index in [9.17, 15) is 4.79 Å². The topological polar surface area (TPSA) is 63.7 Å². The van der Waals surface area contributed by atoms with E-state index < -0.39 is 0 Å². The number of aryl methyl sites for hydroxylation is 1. The van der Waals surface area contributed by atoms with Crippen molar-refractivity contribution >= 4 is 28.2 Å². The Bertz CT molecular complexity index is 1110. The van der Waals surface area contributed by atoms with Gasteiger partial charge in [0.15, 0.2) is 11.5 Å². The first-order valence-corrected chi connectivity index (χ1v) is 10.7. The number of carbonyl (C=O) groups is 1. The SMILES string of the molecule is COc1cc2nc(C(=O)N3CCCC(C)C3)cc(Nc3cccc(C)c3)c2cc1OC. The number of pyridine rings is 1. The van der Waals surface area contributed by atoms with E-state index in [0.29, 0.717) is 28.6 Å². The zero-order valence-electron chi connectivity index (χ0n) is 18.6. The van der Waals surface area contributed by atoms with Crippen LogP contribution >= 0.6 is 0 Å². The molecule has 1 N–H and O–H groups in total. The molecule has 4 rings (SSSR count). The fraction of sp³-hybridized carbons (Fsp3) is 0.360. The Morgan fingerprint density at radius 3 is 2.61 bits per heavy atom. The molecule has 2 heterocycles. The van der Waals surface area contributed by atoms with Crippen molar-refractivity contribution in [2.45, 2.75) is 26.7 Å². The molecule has 162 valence electrons. The molecule has 1 unspecified atom stereocenters. The van der Waals surface area contributed by atoms with Gasteiger partial charge in [0.25, 0.3) is 5.91 Å². The number of benzene rings is 2. The number of amides is 1. The molecule has 0 bridgehead atoms. The molecule has 2 aromatic carbocycles. The van der Waals surface area contributed by atoms with Crippen LogP contribution in [0.5, 0.6) is 11.5 Å².